The van der Waals surface area contributed by atoms with E-state index in [1.165, 1.54) is 22.3 Å². The summed E-state index contributed by atoms with van der Waals surface area (Å²) in [5, 5.41) is 4.04. The molecule has 0 amide bonds. The number of alkyl halides is 1. The van der Waals surface area contributed by atoms with Crippen LogP contribution in [-0.4, -0.2) is 16.0 Å². The summed E-state index contributed by atoms with van der Waals surface area (Å²) in [7, 11) is 0. The summed E-state index contributed by atoms with van der Waals surface area (Å²) in [5.41, 5.74) is 5.36. The van der Waals surface area contributed by atoms with Crippen LogP contribution >= 0.6 is 11.6 Å². The monoisotopic (exact) mass is 306 g/mol. The van der Waals surface area contributed by atoms with Gasteiger partial charge in [0.15, 0.2) is 5.82 Å². The van der Waals surface area contributed by atoms with Crippen LogP contribution in [-0.2, 0) is 18.3 Å². The summed E-state index contributed by atoms with van der Waals surface area (Å²) in [5.74, 6) is 1.84. The van der Waals surface area contributed by atoms with Gasteiger partial charge in [-0.1, -0.05) is 38.1 Å². The first-order valence-corrected chi connectivity index (χ1v) is 7.82. The molecule has 0 saturated heterocycles. The fourth-order valence-corrected chi connectivity index (χ4v) is 2.57. The summed E-state index contributed by atoms with van der Waals surface area (Å²) < 4.78 is 5.19. The lowest BCUT2D eigenvalue weighted by atomic mass is 9.83. The molecule has 0 aliphatic rings. The van der Waals surface area contributed by atoms with E-state index in [4.69, 9.17) is 16.1 Å². The largest absolute Gasteiger partial charge is 0.339 e. The normalized spacial score (nSPS) is 11.9. The van der Waals surface area contributed by atoms with Crippen molar-refractivity contribution in [1.29, 1.82) is 0 Å². The predicted octanol–water partition coefficient (Wildman–Crippen LogP) is 4.36. The van der Waals surface area contributed by atoms with Crippen molar-refractivity contribution < 1.29 is 4.52 Å². The Labute approximate surface area is 131 Å². The maximum atomic E-state index is 5.69. The van der Waals surface area contributed by atoms with E-state index in [0.29, 0.717) is 24.6 Å². The van der Waals surface area contributed by atoms with Gasteiger partial charge in [0.05, 0.1) is 0 Å². The molecule has 1 heterocycles. The van der Waals surface area contributed by atoms with Crippen LogP contribution in [0.1, 0.15) is 54.7 Å². The Morgan fingerprint density at radius 2 is 1.76 bits per heavy atom. The first kappa shape index (κ1) is 16.0. The number of hydrogen-bond donors (Lipinski definition) is 0. The Hall–Kier alpha value is -1.35. The van der Waals surface area contributed by atoms with E-state index in [9.17, 15) is 0 Å². The first-order chi connectivity index (χ1) is 9.81. The minimum atomic E-state index is 0.160. The maximum absolute atomic E-state index is 5.69. The molecule has 2 aromatic rings. The molecule has 0 radical (unpaired) electrons. The number of halogens is 1. The second-order valence-electron chi connectivity index (χ2n) is 6.56. The van der Waals surface area contributed by atoms with Gasteiger partial charge >= 0.3 is 0 Å². The molecule has 114 valence electrons. The first-order valence-electron chi connectivity index (χ1n) is 7.29. The van der Waals surface area contributed by atoms with E-state index in [1.54, 1.807) is 0 Å². The molecule has 0 fully saturated rings. The number of nitrogens with zero attached hydrogens (tertiary/aromatic N) is 2. The fourth-order valence-electron chi connectivity index (χ4n) is 2.41. The maximum Gasteiger partial charge on any atom is 0.227 e. The molecule has 0 bridgehead atoms. The lowest BCUT2D eigenvalue weighted by molar-refractivity contribution is 0.378. The van der Waals surface area contributed by atoms with Crippen molar-refractivity contribution in [3.63, 3.8) is 0 Å². The number of benzene rings is 1. The van der Waals surface area contributed by atoms with Crippen LogP contribution in [0.5, 0.6) is 0 Å². The third-order valence-corrected chi connectivity index (χ3v) is 3.90. The molecule has 0 unspecified atom stereocenters. The van der Waals surface area contributed by atoms with E-state index < -0.39 is 0 Å². The van der Waals surface area contributed by atoms with E-state index in [-0.39, 0.29) is 5.41 Å². The molecule has 0 saturated carbocycles. The lowest BCUT2D eigenvalue weighted by Gasteiger charge is -2.22. The number of aromatic nitrogens is 2. The highest BCUT2D eigenvalue weighted by atomic mass is 35.5. The topological polar surface area (TPSA) is 38.9 Å². The Balaban J connectivity index is 2.27. The van der Waals surface area contributed by atoms with E-state index >= 15 is 0 Å². The summed E-state index contributed by atoms with van der Waals surface area (Å²) in [4.78, 5) is 4.39. The molecule has 0 aliphatic carbocycles. The zero-order valence-electron chi connectivity index (χ0n) is 13.5. The molecule has 1 aromatic carbocycles. The van der Waals surface area contributed by atoms with Crippen LogP contribution in [0.2, 0.25) is 0 Å². The van der Waals surface area contributed by atoms with Crippen molar-refractivity contribution >= 4 is 11.6 Å². The van der Waals surface area contributed by atoms with Crippen LogP contribution in [0.25, 0.3) is 0 Å². The zero-order valence-corrected chi connectivity index (χ0v) is 14.2. The highest BCUT2D eigenvalue weighted by Gasteiger charge is 2.17. The molecule has 21 heavy (non-hydrogen) atoms. The van der Waals surface area contributed by atoms with Crippen molar-refractivity contribution in [2.24, 2.45) is 0 Å². The van der Waals surface area contributed by atoms with Crippen LogP contribution in [0, 0.1) is 13.8 Å². The van der Waals surface area contributed by atoms with Gasteiger partial charge in [0.2, 0.25) is 5.89 Å². The molecule has 0 atom stereocenters. The van der Waals surface area contributed by atoms with Crippen LogP contribution in [0.4, 0.5) is 0 Å². The fraction of sp³-hybridized carbons (Fsp3) is 0.529. The second kappa shape index (κ2) is 6.18. The molecule has 2 rings (SSSR count). The molecule has 0 N–H and O–H groups in total. The molecule has 0 aliphatic heterocycles. The van der Waals surface area contributed by atoms with Crippen molar-refractivity contribution in [1.82, 2.24) is 10.1 Å². The Bertz CT molecular complexity index is 603. The van der Waals surface area contributed by atoms with E-state index in [0.717, 1.165) is 5.82 Å². The third kappa shape index (κ3) is 3.85. The van der Waals surface area contributed by atoms with Gasteiger partial charge in [0, 0.05) is 18.7 Å². The standard InChI is InChI=1S/C17H23ClN2O/c1-11-8-13(17(3,4)5)9-12(2)14(11)10-15-19-16(6-7-18)21-20-15/h8-9H,6-7,10H2,1-5H3. The molecular weight excluding hydrogens is 284 g/mol. The number of hydrogen-bond acceptors (Lipinski definition) is 3. The van der Waals surface area contributed by atoms with Gasteiger partial charge in [-0.3, -0.25) is 0 Å². The Kier molecular flexibility index (Phi) is 4.72. The SMILES string of the molecule is Cc1cc(C(C)(C)C)cc(C)c1Cc1noc(CCCl)n1. The summed E-state index contributed by atoms with van der Waals surface area (Å²) >= 11 is 5.69. The van der Waals surface area contributed by atoms with Gasteiger partial charge < -0.3 is 4.52 Å². The highest BCUT2D eigenvalue weighted by molar-refractivity contribution is 6.17. The quantitative estimate of drug-likeness (QED) is 0.788. The van der Waals surface area contributed by atoms with Crippen molar-refractivity contribution in [3.05, 3.63) is 46.1 Å². The molecule has 3 nitrogen and oxygen atoms in total. The number of rotatable bonds is 4. The predicted molar refractivity (Wildman–Crippen MR) is 86.1 cm³/mol. The second-order valence-corrected chi connectivity index (χ2v) is 6.94. The minimum Gasteiger partial charge on any atom is -0.339 e. The molecule has 4 heteroatoms. The van der Waals surface area contributed by atoms with Gasteiger partial charge in [0.1, 0.15) is 0 Å². The summed E-state index contributed by atoms with van der Waals surface area (Å²) in [6, 6.07) is 4.53. The van der Waals surface area contributed by atoms with Crippen LogP contribution < -0.4 is 0 Å². The average molecular weight is 307 g/mol. The lowest BCUT2D eigenvalue weighted by Crippen LogP contribution is -2.12. The van der Waals surface area contributed by atoms with Gasteiger partial charge in [0.25, 0.3) is 0 Å². The highest BCUT2D eigenvalue weighted by Crippen LogP contribution is 2.27. The summed E-state index contributed by atoms with van der Waals surface area (Å²) in [6.07, 6.45) is 1.32. The third-order valence-electron chi connectivity index (χ3n) is 3.72. The summed E-state index contributed by atoms with van der Waals surface area (Å²) in [6.45, 7) is 11.0. The molecule has 0 spiro atoms. The van der Waals surface area contributed by atoms with Gasteiger partial charge in [-0.2, -0.15) is 4.98 Å². The van der Waals surface area contributed by atoms with E-state index in [2.05, 4.69) is 56.9 Å². The van der Waals surface area contributed by atoms with Crippen LogP contribution in [0.3, 0.4) is 0 Å². The van der Waals surface area contributed by atoms with Crippen molar-refractivity contribution in [2.75, 3.05) is 5.88 Å². The Morgan fingerprint density at radius 1 is 1.14 bits per heavy atom. The zero-order chi connectivity index (χ0) is 15.6. The average Bonchev–Trinajstić information content (AvgIpc) is 2.80. The smallest absolute Gasteiger partial charge is 0.227 e. The minimum absolute atomic E-state index is 0.160. The molecular formula is C17H23ClN2O. The van der Waals surface area contributed by atoms with Gasteiger partial charge in [-0.25, -0.2) is 0 Å². The van der Waals surface area contributed by atoms with Crippen LogP contribution in [0.15, 0.2) is 16.7 Å². The van der Waals surface area contributed by atoms with Crippen molar-refractivity contribution in [3.8, 4) is 0 Å². The van der Waals surface area contributed by atoms with Crippen molar-refractivity contribution in [2.45, 2.75) is 52.9 Å². The molecule has 1 aromatic heterocycles. The number of aryl methyl sites for hydroxylation is 3. The van der Waals surface area contributed by atoms with E-state index in [1.807, 2.05) is 0 Å². The Morgan fingerprint density at radius 3 is 2.29 bits per heavy atom. The van der Waals surface area contributed by atoms with Gasteiger partial charge in [-0.05, 0) is 41.5 Å². The van der Waals surface area contributed by atoms with Gasteiger partial charge in [-0.15, -0.1) is 11.6 Å².